The Morgan fingerprint density at radius 3 is 2.41 bits per heavy atom. The summed E-state index contributed by atoms with van der Waals surface area (Å²) in [5.74, 6) is -0.519. The van der Waals surface area contributed by atoms with Crippen LogP contribution in [0.1, 0.15) is 17.0 Å². The lowest BCUT2D eigenvalue weighted by molar-refractivity contribution is -0.119. The summed E-state index contributed by atoms with van der Waals surface area (Å²) in [5.41, 5.74) is 6.17. The molecular formula is C29H26BrFN4O5S. The fourth-order valence-corrected chi connectivity index (χ4v) is 6.18. The number of hydrogen-bond acceptors (Lipinski definition) is 6. The van der Waals surface area contributed by atoms with E-state index in [4.69, 9.17) is 9.47 Å². The Hall–Kier alpha value is -4.16. The van der Waals surface area contributed by atoms with Crippen molar-refractivity contribution in [2.24, 2.45) is 5.10 Å². The van der Waals surface area contributed by atoms with Gasteiger partial charge >= 0.3 is 0 Å². The van der Waals surface area contributed by atoms with Gasteiger partial charge in [0.2, 0.25) is 0 Å². The number of anilines is 1. The highest BCUT2D eigenvalue weighted by Crippen LogP contribution is 2.34. The van der Waals surface area contributed by atoms with E-state index in [1.54, 1.807) is 0 Å². The third-order valence-corrected chi connectivity index (χ3v) is 8.75. The maximum absolute atomic E-state index is 13.7. The van der Waals surface area contributed by atoms with Crippen molar-refractivity contribution in [1.82, 2.24) is 9.99 Å². The highest BCUT2D eigenvalue weighted by Gasteiger charge is 2.29. The zero-order valence-electron chi connectivity index (χ0n) is 22.2. The minimum atomic E-state index is -4.26. The summed E-state index contributed by atoms with van der Waals surface area (Å²) >= 11 is 3.44. The maximum atomic E-state index is 13.7. The standard InChI is InChI=1S/C29H26BrFN4O5S/c1-19-15-21(20(2)35(19)25-7-3-22(30)4-8-25)17-32-33-29(36)18-34(24-9-5-23(31)6-10-24)41(37,38)26-11-12-27-28(16-26)40-14-13-39-27/h3-12,15-17H,13-14,18H2,1-2H3,(H,33,36)/b32-17+. The molecule has 0 bridgehead atoms. The molecule has 0 radical (unpaired) electrons. The summed E-state index contributed by atoms with van der Waals surface area (Å²) in [4.78, 5) is 12.8. The predicted molar refractivity (Wildman–Crippen MR) is 157 cm³/mol. The Morgan fingerprint density at radius 1 is 1.02 bits per heavy atom. The van der Waals surface area contributed by atoms with Crippen LogP contribution in [0.25, 0.3) is 5.69 Å². The van der Waals surface area contributed by atoms with Gasteiger partial charge in [-0.1, -0.05) is 15.9 Å². The molecule has 1 N–H and O–H groups in total. The van der Waals surface area contributed by atoms with E-state index < -0.39 is 28.3 Å². The average molecular weight is 642 g/mol. The highest BCUT2D eigenvalue weighted by molar-refractivity contribution is 9.10. The molecule has 1 amide bonds. The summed E-state index contributed by atoms with van der Waals surface area (Å²) in [6.07, 6.45) is 1.51. The van der Waals surface area contributed by atoms with Crippen molar-refractivity contribution in [3.8, 4) is 17.2 Å². The Labute approximate surface area is 245 Å². The third-order valence-electron chi connectivity index (χ3n) is 6.45. The molecule has 9 nitrogen and oxygen atoms in total. The van der Waals surface area contributed by atoms with E-state index in [-0.39, 0.29) is 22.9 Å². The van der Waals surface area contributed by atoms with Gasteiger partial charge in [0, 0.05) is 33.2 Å². The molecule has 1 aromatic heterocycles. The van der Waals surface area contributed by atoms with Gasteiger partial charge in [-0.05, 0) is 80.6 Å². The van der Waals surface area contributed by atoms with E-state index in [0.29, 0.717) is 12.4 Å². The lowest BCUT2D eigenvalue weighted by Gasteiger charge is -2.25. The molecule has 1 aliphatic rings. The van der Waals surface area contributed by atoms with Crippen LogP contribution in [0.5, 0.6) is 11.5 Å². The number of rotatable bonds is 8. The molecular weight excluding hydrogens is 615 g/mol. The van der Waals surface area contributed by atoms with Crippen molar-refractivity contribution in [3.63, 3.8) is 0 Å². The number of halogens is 2. The van der Waals surface area contributed by atoms with Crippen molar-refractivity contribution in [2.45, 2.75) is 18.7 Å². The summed E-state index contributed by atoms with van der Waals surface area (Å²) in [5, 5.41) is 4.07. The Morgan fingerprint density at radius 2 is 1.71 bits per heavy atom. The van der Waals surface area contributed by atoms with Gasteiger partial charge in [0.1, 0.15) is 25.6 Å². The number of hydrogen-bond donors (Lipinski definition) is 1. The molecule has 1 aliphatic heterocycles. The number of carbonyl (C=O) groups is 1. The van der Waals surface area contributed by atoms with E-state index in [2.05, 4.69) is 31.0 Å². The number of benzene rings is 3. The van der Waals surface area contributed by atoms with Crippen molar-refractivity contribution < 1.29 is 27.1 Å². The zero-order chi connectivity index (χ0) is 29.1. The quantitative estimate of drug-likeness (QED) is 0.213. The average Bonchev–Trinajstić information content (AvgIpc) is 3.24. The van der Waals surface area contributed by atoms with Crippen molar-refractivity contribution in [1.29, 1.82) is 0 Å². The van der Waals surface area contributed by atoms with Gasteiger partial charge in [0.05, 0.1) is 16.8 Å². The summed E-state index contributed by atoms with van der Waals surface area (Å²) in [6, 6.07) is 18.9. The van der Waals surface area contributed by atoms with E-state index in [0.717, 1.165) is 43.5 Å². The number of nitrogens with zero attached hydrogens (tertiary/aromatic N) is 3. The number of aryl methyl sites for hydroxylation is 1. The predicted octanol–water partition coefficient (Wildman–Crippen LogP) is 5.11. The second-order valence-electron chi connectivity index (χ2n) is 9.23. The Balaban J connectivity index is 1.37. The molecule has 4 aromatic rings. The van der Waals surface area contributed by atoms with Crippen LogP contribution in [0.3, 0.4) is 0 Å². The number of aromatic nitrogens is 1. The molecule has 2 heterocycles. The van der Waals surface area contributed by atoms with E-state index in [1.165, 1.54) is 36.5 Å². The lowest BCUT2D eigenvalue weighted by Crippen LogP contribution is -2.39. The minimum absolute atomic E-state index is 0.109. The molecule has 12 heteroatoms. The van der Waals surface area contributed by atoms with Crippen molar-refractivity contribution >= 4 is 43.8 Å². The van der Waals surface area contributed by atoms with Gasteiger partial charge in [-0.3, -0.25) is 9.10 Å². The first-order chi connectivity index (χ1) is 19.6. The number of amides is 1. The van der Waals surface area contributed by atoms with Crippen LogP contribution in [-0.4, -0.2) is 44.9 Å². The topological polar surface area (TPSA) is 102 Å². The Bertz CT molecular complexity index is 1720. The lowest BCUT2D eigenvalue weighted by atomic mass is 10.2. The molecule has 0 aliphatic carbocycles. The van der Waals surface area contributed by atoms with Crippen molar-refractivity contribution in [2.75, 3.05) is 24.1 Å². The van der Waals surface area contributed by atoms with Gasteiger partial charge < -0.3 is 14.0 Å². The van der Waals surface area contributed by atoms with Gasteiger partial charge in [-0.2, -0.15) is 5.10 Å². The number of carbonyl (C=O) groups excluding carboxylic acids is 1. The second kappa shape index (κ2) is 11.8. The minimum Gasteiger partial charge on any atom is -0.486 e. The third kappa shape index (κ3) is 6.13. The van der Waals surface area contributed by atoms with Crippen LogP contribution in [0.2, 0.25) is 0 Å². The number of fused-ring (bicyclic) bond motifs is 1. The first-order valence-corrected chi connectivity index (χ1v) is 14.8. The van der Waals surface area contributed by atoms with Crippen molar-refractivity contribution in [3.05, 3.63) is 100 Å². The van der Waals surface area contributed by atoms with Crippen LogP contribution in [0.4, 0.5) is 10.1 Å². The Kier molecular flexibility index (Phi) is 8.13. The molecule has 41 heavy (non-hydrogen) atoms. The first kappa shape index (κ1) is 28.4. The summed E-state index contributed by atoms with van der Waals surface area (Å²) < 4.78 is 55.9. The van der Waals surface area contributed by atoms with Gasteiger partial charge in [-0.25, -0.2) is 18.2 Å². The van der Waals surface area contributed by atoms with Crippen LogP contribution in [-0.2, 0) is 14.8 Å². The highest BCUT2D eigenvalue weighted by atomic mass is 79.9. The van der Waals surface area contributed by atoms with Gasteiger partial charge in [-0.15, -0.1) is 0 Å². The van der Waals surface area contributed by atoms with Crippen LogP contribution >= 0.6 is 15.9 Å². The number of sulfonamides is 1. The maximum Gasteiger partial charge on any atom is 0.264 e. The molecule has 0 saturated carbocycles. The molecule has 5 rings (SSSR count). The molecule has 0 spiro atoms. The molecule has 0 fully saturated rings. The van der Waals surface area contributed by atoms with Gasteiger partial charge in [0.15, 0.2) is 11.5 Å². The number of nitrogens with one attached hydrogen (secondary N) is 1. The smallest absolute Gasteiger partial charge is 0.264 e. The largest absolute Gasteiger partial charge is 0.486 e. The fraction of sp³-hybridized carbons (Fsp3) is 0.172. The van der Waals surface area contributed by atoms with E-state index in [9.17, 15) is 17.6 Å². The molecule has 0 atom stereocenters. The summed E-state index contributed by atoms with van der Waals surface area (Å²) in [7, 11) is -4.26. The van der Waals surface area contributed by atoms with Crippen LogP contribution in [0.15, 0.2) is 87.3 Å². The number of hydrazone groups is 1. The zero-order valence-corrected chi connectivity index (χ0v) is 24.6. The monoisotopic (exact) mass is 640 g/mol. The fourth-order valence-electron chi connectivity index (χ4n) is 4.48. The van der Waals surface area contributed by atoms with Crippen LogP contribution in [0, 0.1) is 19.7 Å². The molecule has 0 saturated heterocycles. The summed E-state index contributed by atoms with van der Waals surface area (Å²) in [6.45, 7) is 3.94. The second-order valence-corrected chi connectivity index (χ2v) is 12.0. The number of ether oxygens (including phenoxy) is 2. The molecule has 0 unspecified atom stereocenters. The van der Waals surface area contributed by atoms with Crippen LogP contribution < -0.4 is 19.2 Å². The molecule has 212 valence electrons. The molecule has 3 aromatic carbocycles. The first-order valence-electron chi connectivity index (χ1n) is 12.6. The van der Waals surface area contributed by atoms with E-state index >= 15 is 0 Å². The van der Waals surface area contributed by atoms with E-state index in [1.807, 2.05) is 44.2 Å². The normalized spacial score (nSPS) is 12.9. The SMILES string of the molecule is Cc1cc(/C=N/NC(=O)CN(c2ccc(F)cc2)S(=O)(=O)c2ccc3c(c2)OCCO3)c(C)n1-c1ccc(Br)cc1. The van der Waals surface area contributed by atoms with Gasteiger partial charge in [0.25, 0.3) is 15.9 Å².